The zero-order valence-corrected chi connectivity index (χ0v) is 11.5. The summed E-state index contributed by atoms with van der Waals surface area (Å²) in [4.78, 5) is 10.7. The van der Waals surface area contributed by atoms with Crippen LogP contribution in [0.15, 0.2) is 53.4 Å². The van der Waals surface area contributed by atoms with Crippen molar-refractivity contribution in [3.63, 3.8) is 0 Å². The summed E-state index contributed by atoms with van der Waals surface area (Å²) in [7, 11) is -4.10. The van der Waals surface area contributed by atoms with Crippen molar-refractivity contribution in [1.82, 2.24) is 0 Å². The van der Waals surface area contributed by atoms with Gasteiger partial charge in [-0.1, -0.05) is 24.3 Å². The molecule has 7 heteroatoms. The molecule has 106 valence electrons. The monoisotopic (exact) mass is 302 g/mol. The second-order valence-corrected chi connectivity index (χ2v) is 5.72. The van der Waals surface area contributed by atoms with E-state index in [0.29, 0.717) is 0 Å². The van der Waals surface area contributed by atoms with Crippen molar-refractivity contribution in [3.05, 3.63) is 59.7 Å². The van der Waals surface area contributed by atoms with E-state index < -0.39 is 16.0 Å². The molecular weight excluding hydrogens is 292 g/mol. The first-order chi connectivity index (χ1) is 9.95. The Kier molecular flexibility index (Phi) is 3.91. The van der Waals surface area contributed by atoms with Gasteiger partial charge in [0, 0.05) is 0 Å². The number of nitriles is 1. The second-order valence-electron chi connectivity index (χ2n) is 4.06. The highest BCUT2D eigenvalue weighted by molar-refractivity contribution is 7.92. The highest BCUT2D eigenvalue weighted by atomic mass is 32.2. The van der Waals surface area contributed by atoms with Gasteiger partial charge in [0.1, 0.15) is 11.0 Å². The topological polar surface area (TPSA) is 107 Å². The van der Waals surface area contributed by atoms with Crippen LogP contribution in [0.1, 0.15) is 15.9 Å². The number of sulfonamides is 1. The Morgan fingerprint density at radius 2 is 1.71 bits per heavy atom. The molecule has 0 heterocycles. The molecule has 0 unspecified atom stereocenters. The summed E-state index contributed by atoms with van der Waals surface area (Å²) in [6, 6.07) is 13.2. The maximum atomic E-state index is 12.3. The predicted molar refractivity (Wildman–Crippen MR) is 75.4 cm³/mol. The number of anilines is 1. The third-order valence-corrected chi connectivity index (χ3v) is 4.12. The number of hydrogen-bond acceptors (Lipinski definition) is 4. The normalized spacial score (nSPS) is 10.6. The van der Waals surface area contributed by atoms with Gasteiger partial charge in [0.2, 0.25) is 0 Å². The number of nitrogens with one attached hydrogen (secondary N) is 1. The summed E-state index contributed by atoms with van der Waals surface area (Å²) in [5.74, 6) is -1.34. The lowest BCUT2D eigenvalue weighted by Gasteiger charge is -2.11. The van der Waals surface area contributed by atoms with Crippen molar-refractivity contribution in [2.45, 2.75) is 4.90 Å². The molecule has 0 aliphatic rings. The number of aromatic carboxylic acids is 1. The van der Waals surface area contributed by atoms with Crippen molar-refractivity contribution in [3.8, 4) is 6.07 Å². The molecule has 0 bridgehead atoms. The van der Waals surface area contributed by atoms with E-state index in [-0.39, 0.29) is 21.7 Å². The Labute approximate surface area is 121 Å². The van der Waals surface area contributed by atoms with E-state index in [1.807, 2.05) is 6.07 Å². The standard InChI is InChI=1S/C14H10N2O4S/c15-9-10-5-1-3-7-12(10)16-21(19,20)13-8-4-2-6-11(13)14(17)18/h1-8,16H,(H,17,18). The van der Waals surface area contributed by atoms with Crippen LogP contribution in [-0.2, 0) is 10.0 Å². The molecule has 6 nitrogen and oxygen atoms in total. The number of benzene rings is 2. The summed E-state index contributed by atoms with van der Waals surface area (Å²) in [5, 5.41) is 18.0. The van der Waals surface area contributed by atoms with Gasteiger partial charge in [-0.25, -0.2) is 13.2 Å². The molecule has 0 amide bonds. The summed E-state index contributed by atoms with van der Waals surface area (Å²) < 4.78 is 26.9. The van der Waals surface area contributed by atoms with Gasteiger partial charge in [-0.3, -0.25) is 4.72 Å². The number of carboxylic acid groups (broad SMARTS) is 1. The molecule has 2 aromatic rings. The first-order valence-corrected chi connectivity index (χ1v) is 7.28. The van der Waals surface area contributed by atoms with E-state index in [0.717, 1.165) is 0 Å². The molecule has 0 aliphatic carbocycles. The Hall–Kier alpha value is -2.85. The number of hydrogen-bond donors (Lipinski definition) is 2. The number of nitrogens with zero attached hydrogens (tertiary/aromatic N) is 1. The molecule has 0 radical (unpaired) electrons. The first-order valence-electron chi connectivity index (χ1n) is 5.80. The van der Waals surface area contributed by atoms with Crippen LogP contribution in [0.3, 0.4) is 0 Å². The lowest BCUT2D eigenvalue weighted by atomic mass is 10.2. The van der Waals surface area contributed by atoms with Gasteiger partial charge < -0.3 is 5.11 Å². The van der Waals surface area contributed by atoms with Crippen LogP contribution in [0.25, 0.3) is 0 Å². The highest BCUT2D eigenvalue weighted by Crippen LogP contribution is 2.21. The lowest BCUT2D eigenvalue weighted by molar-refractivity contribution is 0.0692. The molecule has 0 spiro atoms. The van der Waals surface area contributed by atoms with E-state index in [4.69, 9.17) is 10.4 Å². The van der Waals surface area contributed by atoms with Gasteiger partial charge in [-0.15, -0.1) is 0 Å². The van der Waals surface area contributed by atoms with Gasteiger partial charge in [-0.05, 0) is 24.3 Å². The smallest absolute Gasteiger partial charge is 0.337 e. The Morgan fingerprint density at radius 1 is 1.10 bits per heavy atom. The number of carboxylic acids is 1. The SMILES string of the molecule is N#Cc1ccccc1NS(=O)(=O)c1ccccc1C(=O)O. The fraction of sp³-hybridized carbons (Fsp3) is 0. The molecule has 21 heavy (non-hydrogen) atoms. The minimum atomic E-state index is -4.10. The van der Waals surface area contributed by atoms with E-state index in [2.05, 4.69) is 4.72 Å². The Bertz CT molecular complexity index is 838. The quantitative estimate of drug-likeness (QED) is 0.898. The average Bonchev–Trinajstić information content (AvgIpc) is 2.47. The van der Waals surface area contributed by atoms with Gasteiger partial charge in [0.15, 0.2) is 0 Å². The molecule has 0 saturated heterocycles. The minimum absolute atomic E-state index is 0.0974. The highest BCUT2D eigenvalue weighted by Gasteiger charge is 2.22. The van der Waals surface area contributed by atoms with Gasteiger partial charge in [0.25, 0.3) is 10.0 Å². The van der Waals surface area contributed by atoms with Crippen LogP contribution in [-0.4, -0.2) is 19.5 Å². The summed E-state index contributed by atoms with van der Waals surface area (Å²) >= 11 is 0. The van der Waals surface area contributed by atoms with Crippen molar-refractivity contribution < 1.29 is 18.3 Å². The van der Waals surface area contributed by atoms with Gasteiger partial charge in [-0.2, -0.15) is 5.26 Å². The zero-order valence-electron chi connectivity index (χ0n) is 10.6. The largest absolute Gasteiger partial charge is 0.478 e. The van der Waals surface area contributed by atoms with E-state index in [9.17, 15) is 13.2 Å². The maximum Gasteiger partial charge on any atom is 0.337 e. The predicted octanol–water partition coefficient (Wildman–Crippen LogP) is 2.06. The minimum Gasteiger partial charge on any atom is -0.478 e. The van der Waals surface area contributed by atoms with Crippen LogP contribution in [0, 0.1) is 11.3 Å². The van der Waals surface area contributed by atoms with Crippen molar-refractivity contribution >= 4 is 21.7 Å². The zero-order chi connectivity index (χ0) is 15.5. The Morgan fingerprint density at radius 3 is 2.38 bits per heavy atom. The van der Waals surface area contributed by atoms with Gasteiger partial charge >= 0.3 is 5.97 Å². The fourth-order valence-electron chi connectivity index (χ4n) is 1.75. The fourth-order valence-corrected chi connectivity index (χ4v) is 3.03. The molecule has 2 aromatic carbocycles. The van der Waals surface area contributed by atoms with E-state index in [1.165, 1.54) is 36.4 Å². The molecular formula is C14H10N2O4S. The molecule has 0 atom stereocenters. The Balaban J connectivity index is 2.50. The summed E-state index contributed by atoms with van der Waals surface area (Å²) in [6.07, 6.45) is 0. The number of para-hydroxylation sites is 1. The molecule has 0 saturated carbocycles. The van der Waals surface area contributed by atoms with Gasteiger partial charge in [0.05, 0.1) is 16.8 Å². The van der Waals surface area contributed by atoms with E-state index in [1.54, 1.807) is 12.1 Å². The second kappa shape index (κ2) is 5.64. The van der Waals surface area contributed by atoms with Crippen molar-refractivity contribution in [1.29, 1.82) is 5.26 Å². The lowest BCUT2D eigenvalue weighted by Crippen LogP contribution is -2.17. The van der Waals surface area contributed by atoms with Crippen LogP contribution >= 0.6 is 0 Å². The third-order valence-electron chi connectivity index (χ3n) is 2.70. The molecule has 2 N–H and O–H groups in total. The molecule has 0 aromatic heterocycles. The van der Waals surface area contributed by atoms with Crippen molar-refractivity contribution in [2.24, 2.45) is 0 Å². The molecule has 2 rings (SSSR count). The van der Waals surface area contributed by atoms with Crippen molar-refractivity contribution in [2.75, 3.05) is 4.72 Å². The number of rotatable bonds is 4. The average molecular weight is 302 g/mol. The summed E-state index contributed by atoms with van der Waals surface area (Å²) in [5.41, 5.74) is -0.0893. The van der Waals surface area contributed by atoms with E-state index >= 15 is 0 Å². The molecule has 0 fully saturated rings. The third kappa shape index (κ3) is 3.01. The van der Waals surface area contributed by atoms with Crippen LogP contribution < -0.4 is 4.72 Å². The maximum absolute atomic E-state index is 12.3. The molecule has 0 aliphatic heterocycles. The van der Waals surface area contributed by atoms with Crippen LogP contribution in [0.5, 0.6) is 0 Å². The van der Waals surface area contributed by atoms with Crippen LogP contribution in [0.2, 0.25) is 0 Å². The number of carbonyl (C=O) groups is 1. The first kappa shape index (κ1) is 14.6. The summed E-state index contributed by atoms with van der Waals surface area (Å²) in [6.45, 7) is 0. The van der Waals surface area contributed by atoms with Crippen LogP contribution in [0.4, 0.5) is 5.69 Å².